The first kappa shape index (κ1) is 11.0. The molecule has 0 saturated heterocycles. The average molecular weight is 188 g/mol. The van der Waals surface area contributed by atoms with Crippen molar-refractivity contribution in [1.29, 1.82) is 0 Å². The lowest BCUT2D eigenvalue weighted by molar-refractivity contribution is 0.964. The van der Waals surface area contributed by atoms with Crippen molar-refractivity contribution in [2.75, 3.05) is 0 Å². The molecular formula is C14H20. The summed E-state index contributed by atoms with van der Waals surface area (Å²) < 4.78 is 0. The third kappa shape index (κ3) is 2.73. The van der Waals surface area contributed by atoms with Gasteiger partial charge in [-0.2, -0.15) is 0 Å². The summed E-state index contributed by atoms with van der Waals surface area (Å²) in [4.78, 5) is 0. The van der Waals surface area contributed by atoms with Crippen LogP contribution in [-0.2, 0) is 0 Å². The van der Waals surface area contributed by atoms with E-state index in [1.807, 2.05) is 0 Å². The van der Waals surface area contributed by atoms with Crippen LogP contribution in [0.3, 0.4) is 0 Å². The fraction of sp³-hybridized carbons (Fsp3) is 0.429. The van der Waals surface area contributed by atoms with Gasteiger partial charge in [0.25, 0.3) is 0 Å². The maximum atomic E-state index is 2.23. The van der Waals surface area contributed by atoms with Crippen LogP contribution in [0.5, 0.6) is 0 Å². The third-order valence-corrected chi connectivity index (χ3v) is 2.50. The Kier molecular flexibility index (Phi) is 3.94. The second-order valence-corrected chi connectivity index (χ2v) is 4.09. The minimum atomic E-state index is 1.19. The summed E-state index contributed by atoms with van der Waals surface area (Å²) in [5.41, 5.74) is 5.67. The number of benzene rings is 1. The van der Waals surface area contributed by atoms with Gasteiger partial charge in [0.15, 0.2) is 0 Å². The molecule has 1 aromatic rings. The van der Waals surface area contributed by atoms with Gasteiger partial charge in [-0.05, 0) is 38.3 Å². The molecule has 76 valence electrons. The summed E-state index contributed by atoms with van der Waals surface area (Å²) >= 11 is 0. The highest BCUT2D eigenvalue weighted by Gasteiger charge is 2.01. The van der Waals surface area contributed by atoms with Crippen LogP contribution in [0.1, 0.15) is 44.7 Å². The Morgan fingerprint density at radius 3 is 2.07 bits per heavy atom. The van der Waals surface area contributed by atoms with Crippen LogP contribution in [0.4, 0.5) is 0 Å². The molecule has 0 aliphatic heterocycles. The van der Waals surface area contributed by atoms with Crippen LogP contribution in [-0.4, -0.2) is 0 Å². The second-order valence-electron chi connectivity index (χ2n) is 4.09. The molecule has 0 bridgehead atoms. The van der Waals surface area contributed by atoms with Crippen LogP contribution < -0.4 is 0 Å². The quantitative estimate of drug-likeness (QED) is 0.651. The van der Waals surface area contributed by atoms with Gasteiger partial charge < -0.3 is 0 Å². The molecule has 1 rings (SSSR count). The van der Waals surface area contributed by atoms with Gasteiger partial charge in [-0.1, -0.05) is 48.7 Å². The van der Waals surface area contributed by atoms with Gasteiger partial charge in [-0.25, -0.2) is 0 Å². The van der Waals surface area contributed by atoms with Crippen molar-refractivity contribution in [3.8, 4) is 0 Å². The molecule has 1 aromatic carbocycles. The summed E-state index contributed by atoms with van der Waals surface area (Å²) in [5.74, 6) is 0. The Labute approximate surface area is 87.7 Å². The topological polar surface area (TPSA) is 0 Å². The molecule has 0 aromatic heterocycles. The minimum Gasteiger partial charge on any atom is -0.0726 e. The van der Waals surface area contributed by atoms with Gasteiger partial charge in [0.2, 0.25) is 0 Å². The molecule has 0 amide bonds. The number of rotatable bonds is 3. The van der Waals surface area contributed by atoms with Gasteiger partial charge in [-0.3, -0.25) is 0 Å². The predicted octanol–water partition coefficient (Wildman–Crippen LogP) is 4.59. The molecule has 0 radical (unpaired) electrons. The van der Waals surface area contributed by atoms with Crippen molar-refractivity contribution in [1.82, 2.24) is 0 Å². The molecule has 0 nitrogen and oxygen atoms in total. The number of hydrogen-bond donors (Lipinski definition) is 0. The Morgan fingerprint density at radius 2 is 1.64 bits per heavy atom. The molecular weight excluding hydrogens is 168 g/mol. The SMILES string of the molecule is CCCC(=C(C)C)c1ccc(C)cc1. The van der Waals surface area contributed by atoms with Crippen LogP contribution in [0, 0.1) is 6.92 Å². The fourth-order valence-electron chi connectivity index (χ4n) is 1.69. The lowest BCUT2D eigenvalue weighted by atomic mass is 9.97. The highest BCUT2D eigenvalue weighted by molar-refractivity contribution is 5.68. The molecule has 0 unspecified atom stereocenters. The molecule has 0 atom stereocenters. The number of allylic oxidation sites excluding steroid dienone is 2. The molecule has 14 heavy (non-hydrogen) atoms. The molecule has 0 aliphatic carbocycles. The highest BCUT2D eigenvalue weighted by Crippen LogP contribution is 2.23. The molecule has 0 spiro atoms. The maximum absolute atomic E-state index is 2.23. The molecule has 0 fully saturated rings. The smallest absolute Gasteiger partial charge is 0.0225 e. The van der Waals surface area contributed by atoms with E-state index in [1.54, 1.807) is 0 Å². The first-order valence-corrected chi connectivity index (χ1v) is 5.38. The Hall–Kier alpha value is -1.04. The van der Waals surface area contributed by atoms with Gasteiger partial charge in [0, 0.05) is 0 Å². The molecule has 0 heteroatoms. The predicted molar refractivity (Wildman–Crippen MR) is 64.4 cm³/mol. The van der Waals surface area contributed by atoms with Crippen molar-refractivity contribution in [2.24, 2.45) is 0 Å². The van der Waals surface area contributed by atoms with Gasteiger partial charge in [-0.15, -0.1) is 0 Å². The first-order chi connectivity index (χ1) is 6.65. The Bertz CT molecular complexity index is 310. The van der Waals surface area contributed by atoms with E-state index in [2.05, 4.69) is 52.0 Å². The number of hydrogen-bond acceptors (Lipinski definition) is 0. The first-order valence-electron chi connectivity index (χ1n) is 5.38. The van der Waals surface area contributed by atoms with E-state index in [0.29, 0.717) is 0 Å². The van der Waals surface area contributed by atoms with E-state index >= 15 is 0 Å². The van der Waals surface area contributed by atoms with Crippen molar-refractivity contribution in [2.45, 2.75) is 40.5 Å². The van der Waals surface area contributed by atoms with Gasteiger partial charge >= 0.3 is 0 Å². The zero-order valence-electron chi connectivity index (χ0n) is 9.72. The van der Waals surface area contributed by atoms with Crippen LogP contribution in [0.15, 0.2) is 29.8 Å². The summed E-state index contributed by atoms with van der Waals surface area (Å²) in [6.45, 7) is 8.76. The third-order valence-electron chi connectivity index (χ3n) is 2.50. The van der Waals surface area contributed by atoms with E-state index in [4.69, 9.17) is 0 Å². The van der Waals surface area contributed by atoms with Crippen molar-refractivity contribution in [3.05, 3.63) is 41.0 Å². The largest absolute Gasteiger partial charge is 0.0726 e. The fourth-order valence-corrected chi connectivity index (χ4v) is 1.69. The zero-order valence-corrected chi connectivity index (χ0v) is 9.72. The Balaban J connectivity index is 3.01. The van der Waals surface area contributed by atoms with E-state index in [9.17, 15) is 0 Å². The molecule has 0 N–H and O–H groups in total. The molecule has 0 heterocycles. The van der Waals surface area contributed by atoms with Crippen LogP contribution >= 0.6 is 0 Å². The standard InChI is InChI=1S/C14H20/c1-5-6-14(11(2)3)13-9-7-12(4)8-10-13/h7-10H,5-6H2,1-4H3. The van der Waals surface area contributed by atoms with E-state index in [1.165, 1.54) is 35.1 Å². The lowest BCUT2D eigenvalue weighted by Crippen LogP contribution is -1.87. The van der Waals surface area contributed by atoms with Crippen molar-refractivity contribution >= 4 is 5.57 Å². The average Bonchev–Trinajstić information content (AvgIpc) is 2.15. The second kappa shape index (κ2) is 4.99. The minimum absolute atomic E-state index is 1.19. The summed E-state index contributed by atoms with van der Waals surface area (Å²) in [5, 5.41) is 0. The van der Waals surface area contributed by atoms with Crippen molar-refractivity contribution in [3.63, 3.8) is 0 Å². The monoisotopic (exact) mass is 188 g/mol. The zero-order chi connectivity index (χ0) is 10.6. The molecule has 0 saturated carbocycles. The summed E-state index contributed by atoms with van der Waals surface area (Å²) in [7, 11) is 0. The van der Waals surface area contributed by atoms with Crippen molar-refractivity contribution < 1.29 is 0 Å². The highest BCUT2D eigenvalue weighted by atomic mass is 14.1. The maximum Gasteiger partial charge on any atom is -0.0225 e. The Morgan fingerprint density at radius 1 is 1.07 bits per heavy atom. The van der Waals surface area contributed by atoms with E-state index < -0.39 is 0 Å². The van der Waals surface area contributed by atoms with E-state index in [0.717, 1.165) is 0 Å². The van der Waals surface area contributed by atoms with E-state index in [-0.39, 0.29) is 0 Å². The summed E-state index contributed by atoms with van der Waals surface area (Å²) in [6, 6.07) is 8.84. The summed E-state index contributed by atoms with van der Waals surface area (Å²) in [6.07, 6.45) is 2.40. The van der Waals surface area contributed by atoms with Crippen LogP contribution in [0.25, 0.3) is 5.57 Å². The van der Waals surface area contributed by atoms with Gasteiger partial charge in [0.05, 0.1) is 0 Å². The lowest BCUT2D eigenvalue weighted by Gasteiger charge is -2.09. The van der Waals surface area contributed by atoms with Gasteiger partial charge in [0.1, 0.15) is 0 Å². The number of aryl methyl sites for hydroxylation is 1. The normalized spacial score (nSPS) is 10.0. The van der Waals surface area contributed by atoms with Crippen LogP contribution in [0.2, 0.25) is 0 Å². The molecule has 0 aliphatic rings.